The van der Waals surface area contributed by atoms with E-state index in [9.17, 15) is 4.79 Å². The van der Waals surface area contributed by atoms with E-state index in [0.717, 1.165) is 18.9 Å². The van der Waals surface area contributed by atoms with Crippen molar-refractivity contribution < 1.29 is 4.79 Å². The van der Waals surface area contributed by atoms with E-state index in [1.165, 1.54) is 32.1 Å². The monoisotopic (exact) mass is 269 g/mol. The van der Waals surface area contributed by atoms with Crippen LogP contribution in [0.15, 0.2) is 0 Å². The molecule has 0 aromatic heterocycles. The smallest absolute Gasteiger partial charge is 0.237 e. The molecule has 4 nitrogen and oxygen atoms in total. The average Bonchev–Trinajstić information content (AvgIpc) is 2.38. The van der Waals surface area contributed by atoms with Crippen molar-refractivity contribution in [3.63, 3.8) is 0 Å². The van der Waals surface area contributed by atoms with Crippen LogP contribution in [0.25, 0.3) is 0 Å². The van der Waals surface area contributed by atoms with Gasteiger partial charge in [0, 0.05) is 6.04 Å². The molecule has 0 aromatic carbocycles. The van der Waals surface area contributed by atoms with Crippen LogP contribution in [0.4, 0.5) is 0 Å². The Balaban J connectivity index is 2.25. The van der Waals surface area contributed by atoms with Crippen LogP contribution in [0.1, 0.15) is 58.8 Å². The first-order valence-corrected chi connectivity index (χ1v) is 7.66. The third-order valence-corrected chi connectivity index (χ3v) is 4.79. The number of hydrogen-bond acceptors (Lipinski definition) is 3. The summed E-state index contributed by atoms with van der Waals surface area (Å²) in [7, 11) is 2.19. The largest absolute Gasteiger partial charge is 0.368 e. The third-order valence-electron chi connectivity index (χ3n) is 4.79. The maximum Gasteiger partial charge on any atom is 0.237 e. The molecule has 0 saturated heterocycles. The number of rotatable bonds is 7. The summed E-state index contributed by atoms with van der Waals surface area (Å²) in [4.78, 5) is 13.6. The normalized spacial score (nSPS) is 27.2. The highest BCUT2D eigenvalue weighted by Crippen LogP contribution is 2.29. The molecule has 1 atom stereocenters. The number of primary amides is 1. The summed E-state index contributed by atoms with van der Waals surface area (Å²) in [5, 5.41) is 0. The number of nitrogens with zero attached hydrogens (tertiary/aromatic N) is 1. The maximum atomic E-state index is 11.2. The Kier molecular flexibility index (Phi) is 6.27. The lowest BCUT2D eigenvalue weighted by Crippen LogP contribution is -2.49. The first kappa shape index (κ1) is 16.4. The summed E-state index contributed by atoms with van der Waals surface area (Å²) >= 11 is 0. The summed E-state index contributed by atoms with van der Waals surface area (Å²) in [6, 6.07) is 0.709. The van der Waals surface area contributed by atoms with Crippen molar-refractivity contribution in [1.29, 1.82) is 0 Å². The van der Waals surface area contributed by atoms with Gasteiger partial charge in [0.15, 0.2) is 0 Å². The first-order chi connectivity index (χ1) is 8.86. The molecule has 1 amide bonds. The molecule has 1 aliphatic carbocycles. The van der Waals surface area contributed by atoms with Gasteiger partial charge in [0.25, 0.3) is 0 Å². The zero-order chi connectivity index (χ0) is 14.5. The Morgan fingerprint density at radius 3 is 2.37 bits per heavy atom. The second-order valence-electron chi connectivity index (χ2n) is 6.45. The molecule has 4 N–H and O–H groups in total. The maximum absolute atomic E-state index is 11.2. The van der Waals surface area contributed by atoms with Crippen LogP contribution in [-0.4, -0.2) is 36.0 Å². The summed E-state index contributed by atoms with van der Waals surface area (Å²) in [5.74, 6) is 0.533. The van der Waals surface area contributed by atoms with Crippen LogP contribution >= 0.6 is 0 Å². The van der Waals surface area contributed by atoms with E-state index < -0.39 is 11.4 Å². The van der Waals surface area contributed by atoms with E-state index in [1.807, 2.05) is 0 Å². The average molecular weight is 269 g/mol. The van der Waals surface area contributed by atoms with Gasteiger partial charge < -0.3 is 16.4 Å². The van der Waals surface area contributed by atoms with Crippen molar-refractivity contribution in [2.75, 3.05) is 13.6 Å². The van der Waals surface area contributed by atoms with E-state index in [4.69, 9.17) is 11.5 Å². The molecule has 19 heavy (non-hydrogen) atoms. The van der Waals surface area contributed by atoms with Crippen LogP contribution in [0.3, 0.4) is 0 Å². The molecule has 1 aliphatic rings. The highest BCUT2D eigenvalue weighted by atomic mass is 16.1. The molecule has 1 unspecified atom stereocenters. The predicted octanol–water partition coefficient (Wildman–Crippen LogP) is 1.87. The van der Waals surface area contributed by atoms with E-state index in [2.05, 4.69) is 18.9 Å². The lowest BCUT2D eigenvalue weighted by Gasteiger charge is -2.35. The van der Waals surface area contributed by atoms with Gasteiger partial charge in [-0.05, 0) is 65.0 Å². The Hall–Kier alpha value is -0.610. The summed E-state index contributed by atoms with van der Waals surface area (Å²) in [6.45, 7) is 5.02. The van der Waals surface area contributed by atoms with E-state index in [0.29, 0.717) is 12.5 Å². The molecule has 1 saturated carbocycles. The van der Waals surface area contributed by atoms with Crippen molar-refractivity contribution in [2.45, 2.75) is 70.4 Å². The fourth-order valence-electron chi connectivity index (χ4n) is 3.00. The molecule has 0 bridgehead atoms. The number of carbonyl (C=O) groups is 1. The van der Waals surface area contributed by atoms with Gasteiger partial charge in [0.2, 0.25) is 5.91 Å². The second kappa shape index (κ2) is 7.25. The lowest BCUT2D eigenvalue weighted by molar-refractivity contribution is -0.122. The van der Waals surface area contributed by atoms with Crippen molar-refractivity contribution in [3.05, 3.63) is 0 Å². The minimum atomic E-state index is -0.860. The van der Waals surface area contributed by atoms with Gasteiger partial charge in [-0.25, -0.2) is 0 Å². The molecule has 1 fully saturated rings. The van der Waals surface area contributed by atoms with E-state index in [-0.39, 0.29) is 0 Å². The van der Waals surface area contributed by atoms with Crippen LogP contribution < -0.4 is 11.5 Å². The molecule has 112 valence electrons. The minimum Gasteiger partial charge on any atom is -0.368 e. The molecular weight excluding hydrogens is 238 g/mol. The van der Waals surface area contributed by atoms with Gasteiger partial charge in [0.05, 0.1) is 5.54 Å². The SMILES string of the molecule is CCC1CCC(N(C)CCCC(C)(N)C(N)=O)CC1. The van der Waals surface area contributed by atoms with E-state index >= 15 is 0 Å². The summed E-state index contributed by atoms with van der Waals surface area (Å²) in [6.07, 6.45) is 8.26. The zero-order valence-electron chi connectivity index (χ0n) is 12.8. The van der Waals surface area contributed by atoms with Crippen molar-refractivity contribution in [1.82, 2.24) is 4.90 Å². The standard InChI is InChI=1S/C15H31N3O/c1-4-12-6-8-13(9-7-12)18(3)11-5-10-15(2,17)14(16)19/h12-13H,4-11,17H2,1-3H3,(H2,16,19). The third kappa shape index (κ3) is 5.11. The van der Waals surface area contributed by atoms with Gasteiger partial charge in [-0.15, -0.1) is 0 Å². The molecule has 4 heteroatoms. The molecule has 1 rings (SSSR count). The number of carbonyl (C=O) groups excluding carboxylic acids is 1. The second-order valence-corrected chi connectivity index (χ2v) is 6.45. The number of nitrogens with two attached hydrogens (primary N) is 2. The predicted molar refractivity (Wildman–Crippen MR) is 79.7 cm³/mol. The quantitative estimate of drug-likeness (QED) is 0.741. The van der Waals surface area contributed by atoms with Crippen LogP contribution in [-0.2, 0) is 4.79 Å². The van der Waals surface area contributed by atoms with Gasteiger partial charge in [-0.2, -0.15) is 0 Å². The van der Waals surface area contributed by atoms with Crippen molar-refractivity contribution >= 4 is 5.91 Å². The Labute approximate surface area is 117 Å². The van der Waals surface area contributed by atoms with Crippen LogP contribution in [0, 0.1) is 5.92 Å². The topological polar surface area (TPSA) is 72.3 Å². The molecule has 0 heterocycles. The molecule has 0 aromatic rings. The number of hydrogen-bond donors (Lipinski definition) is 2. The highest BCUT2D eigenvalue weighted by molar-refractivity contribution is 5.83. The fraction of sp³-hybridized carbons (Fsp3) is 0.933. The Bertz CT molecular complexity index is 283. The molecule has 0 aliphatic heterocycles. The molecule has 0 spiro atoms. The van der Waals surface area contributed by atoms with Gasteiger partial charge in [-0.1, -0.05) is 13.3 Å². The summed E-state index contributed by atoms with van der Waals surface area (Å²) < 4.78 is 0. The van der Waals surface area contributed by atoms with Gasteiger partial charge in [-0.3, -0.25) is 4.79 Å². The first-order valence-electron chi connectivity index (χ1n) is 7.66. The Morgan fingerprint density at radius 1 is 1.32 bits per heavy atom. The van der Waals surface area contributed by atoms with Crippen LogP contribution in [0.5, 0.6) is 0 Å². The summed E-state index contributed by atoms with van der Waals surface area (Å²) in [5.41, 5.74) is 10.3. The van der Waals surface area contributed by atoms with Crippen molar-refractivity contribution in [2.24, 2.45) is 17.4 Å². The molecular formula is C15H31N3O. The van der Waals surface area contributed by atoms with Gasteiger partial charge >= 0.3 is 0 Å². The molecule has 0 radical (unpaired) electrons. The Morgan fingerprint density at radius 2 is 1.89 bits per heavy atom. The minimum absolute atomic E-state index is 0.404. The zero-order valence-corrected chi connectivity index (χ0v) is 12.8. The van der Waals surface area contributed by atoms with E-state index in [1.54, 1.807) is 6.92 Å². The fourth-order valence-corrected chi connectivity index (χ4v) is 3.00. The van der Waals surface area contributed by atoms with Gasteiger partial charge in [0.1, 0.15) is 0 Å². The van der Waals surface area contributed by atoms with Crippen LogP contribution in [0.2, 0.25) is 0 Å². The highest BCUT2D eigenvalue weighted by Gasteiger charge is 2.26. The lowest BCUT2D eigenvalue weighted by atomic mass is 9.84. The van der Waals surface area contributed by atoms with Crippen molar-refractivity contribution in [3.8, 4) is 0 Å². The number of amides is 1.